The number of fused-ring (bicyclic) bond motifs is 1. The van der Waals surface area contributed by atoms with Crippen molar-refractivity contribution < 1.29 is 9.52 Å². The number of aromatic nitrogens is 1. The first-order valence-corrected chi connectivity index (χ1v) is 3.77. The number of nitrogens with zero attached hydrogens (tertiary/aromatic N) is 1. The normalized spacial score (nSPS) is 10.6. The lowest BCUT2D eigenvalue weighted by Gasteiger charge is -1.93. The first-order chi connectivity index (χ1) is 5.29. The summed E-state index contributed by atoms with van der Waals surface area (Å²) in [5, 5.41) is 10.7. The van der Waals surface area contributed by atoms with Crippen molar-refractivity contribution in [3.63, 3.8) is 0 Å². The summed E-state index contributed by atoms with van der Waals surface area (Å²) in [7, 11) is 0. The molecule has 0 aromatic carbocycles. The lowest BCUT2D eigenvalue weighted by Crippen LogP contribution is -1.75. The summed E-state index contributed by atoms with van der Waals surface area (Å²) in [6.07, 6.45) is 4.39. The van der Waals surface area contributed by atoms with Gasteiger partial charge in [-0.3, -0.25) is 0 Å². The molecule has 0 spiro atoms. The lowest BCUT2D eigenvalue weighted by atomic mass is 10.3. The molecule has 2 aromatic rings. The van der Waals surface area contributed by atoms with Crippen molar-refractivity contribution in [1.29, 1.82) is 0 Å². The van der Waals surface area contributed by atoms with E-state index >= 15 is 0 Å². The van der Waals surface area contributed by atoms with Crippen molar-refractivity contribution in [3.05, 3.63) is 23.3 Å². The van der Waals surface area contributed by atoms with Crippen molar-refractivity contribution in [2.75, 3.05) is 0 Å². The third kappa shape index (κ3) is 0.903. The Morgan fingerprint density at radius 1 is 1.36 bits per heavy atom. The molecule has 56 valence electrons. The van der Waals surface area contributed by atoms with Crippen LogP contribution in [0.4, 0.5) is 0 Å². The fraction of sp³-hybridized carbons (Fsp3) is 0. The molecule has 0 aliphatic rings. The minimum absolute atomic E-state index is 0.136. The highest BCUT2D eigenvalue weighted by Gasteiger charge is 2.05. The van der Waals surface area contributed by atoms with Crippen LogP contribution in [0.3, 0.4) is 0 Å². The van der Waals surface area contributed by atoms with Crippen molar-refractivity contribution in [2.45, 2.75) is 0 Å². The van der Waals surface area contributed by atoms with Crippen molar-refractivity contribution in [1.82, 2.24) is 4.98 Å². The number of aromatic hydroxyl groups is 1. The molecule has 0 amide bonds. The van der Waals surface area contributed by atoms with Gasteiger partial charge in [0.25, 0.3) is 0 Å². The van der Waals surface area contributed by atoms with Crippen LogP contribution in [0.15, 0.2) is 27.7 Å². The monoisotopic (exact) mass is 213 g/mol. The summed E-state index contributed by atoms with van der Waals surface area (Å²) in [6, 6.07) is 0. The zero-order valence-corrected chi connectivity index (χ0v) is 7.00. The molecular weight excluding hydrogens is 210 g/mol. The Morgan fingerprint density at radius 3 is 2.82 bits per heavy atom. The quantitative estimate of drug-likeness (QED) is 0.684. The SMILES string of the molecule is Oc1cnc(Br)c2cocc12. The first-order valence-electron chi connectivity index (χ1n) is 2.98. The highest BCUT2D eigenvalue weighted by Crippen LogP contribution is 2.29. The van der Waals surface area contributed by atoms with Gasteiger partial charge in [0, 0.05) is 0 Å². The van der Waals surface area contributed by atoms with Crippen molar-refractivity contribution in [3.8, 4) is 5.75 Å². The van der Waals surface area contributed by atoms with Crippen LogP contribution in [0, 0.1) is 0 Å². The largest absolute Gasteiger partial charge is 0.506 e. The van der Waals surface area contributed by atoms with Crippen LogP contribution in [-0.2, 0) is 0 Å². The van der Waals surface area contributed by atoms with Gasteiger partial charge in [-0.15, -0.1) is 0 Å². The fourth-order valence-electron chi connectivity index (χ4n) is 0.912. The molecule has 1 N–H and O–H groups in total. The highest BCUT2D eigenvalue weighted by atomic mass is 79.9. The van der Waals surface area contributed by atoms with Gasteiger partial charge in [-0.05, 0) is 15.9 Å². The van der Waals surface area contributed by atoms with Crippen molar-refractivity contribution >= 4 is 26.7 Å². The molecule has 0 aliphatic carbocycles. The summed E-state index contributed by atoms with van der Waals surface area (Å²) in [5.41, 5.74) is 0. The second-order valence-electron chi connectivity index (χ2n) is 2.13. The second kappa shape index (κ2) is 2.23. The Balaban J connectivity index is 2.96. The Bertz CT molecular complexity index is 360. The van der Waals surface area contributed by atoms with Crippen LogP contribution >= 0.6 is 15.9 Å². The molecule has 0 aliphatic heterocycles. The molecule has 2 heterocycles. The van der Waals surface area contributed by atoms with Gasteiger partial charge in [0.1, 0.15) is 22.9 Å². The molecule has 3 nitrogen and oxygen atoms in total. The number of hydrogen-bond acceptors (Lipinski definition) is 3. The number of pyridine rings is 1. The minimum atomic E-state index is 0.136. The molecule has 0 saturated carbocycles. The van der Waals surface area contributed by atoms with Gasteiger partial charge in [0.05, 0.1) is 17.0 Å². The summed E-state index contributed by atoms with van der Waals surface area (Å²) < 4.78 is 5.58. The minimum Gasteiger partial charge on any atom is -0.506 e. The average molecular weight is 214 g/mol. The molecule has 11 heavy (non-hydrogen) atoms. The molecule has 4 heteroatoms. The summed E-state index contributed by atoms with van der Waals surface area (Å²) in [5.74, 6) is 0.136. The molecule has 2 aromatic heterocycles. The summed E-state index contributed by atoms with van der Waals surface area (Å²) >= 11 is 3.23. The van der Waals surface area contributed by atoms with Gasteiger partial charge in [0.15, 0.2) is 0 Å². The number of rotatable bonds is 0. The van der Waals surface area contributed by atoms with E-state index in [-0.39, 0.29) is 5.75 Å². The van der Waals surface area contributed by atoms with Gasteiger partial charge in [-0.1, -0.05) is 0 Å². The molecule has 0 saturated heterocycles. The van der Waals surface area contributed by atoms with Crippen LogP contribution in [-0.4, -0.2) is 10.1 Å². The lowest BCUT2D eigenvalue weighted by molar-refractivity contribution is 0.478. The molecular formula is C7H4BrNO2. The van der Waals surface area contributed by atoms with Gasteiger partial charge < -0.3 is 9.52 Å². The van der Waals surface area contributed by atoms with Crippen LogP contribution in [0.25, 0.3) is 10.8 Å². The number of hydrogen-bond donors (Lipinski definition) is 1. The fourth-order valence-corrected chi connectivity index (χ4v) is 1.32. The molecule has 2 rings (SSSR count). The Morgan fingerprint density at radius 2 is 2.09 bits per heavy atom. The molecule has 0 atom stereocenters. The number of halogens is 1. The second-order valence-corrected chi connectivity index (χ2v) is 2.88. The van der Waals surface area contributed by atoms with Gasteiger partial charge >= 0.3 is 0 Å². The third-order valence-corrected chi connectivity index (χ3v) is 2.09. The van der Waals surface area contributed by atoms with Crippen LogP contribution in [0.2, 0.25) is 0 Å². The van der Waals surface area contributed by atoms with E-state index in [1.54, 1.807) is 0 Å². The van der Waals surface area contributed by atoms with Crippen molar-refractivity contribution in [2.24, 2.45) is 0 Å². The smallest absolute Gasteiger partial charge is 0.145 e. The molecule has 0 unspecified atom stereocenters. The van der Waals surface area contributed by atoms with Gasteiger partial charge in [-0.2, -0.15) is 0 Å². The molecule has 0 radical (unpaired) electrons. The van der Waals surface area contributed by atoms with Gasteiger partial charge in [0.2, 0.25) is 0 Å². The molecule has 0 fully saturated rings. The Kier molecular flexibility index (Phi) is 1.35. The Hall–Kier alpha value is -1.03. The van der Waals surface area contributed by atoms with E-state index in [0.717, 1.165) is 5.39 Å². The number of furan rings is 1. The maximum atomic E-state index is 9.24. The standard InChI is InChI=1S/C7H4BrNO2/c8-7-5-3-11-2-4(5)6(10)1-9-7/h1-3,10H. The zero-order valence-electron chi connectivity index (χ0n) is 5.41. The van der Waals surface area contributed by atoms with E-state index in [1.165, 1.54) is 18.7 Å². The van der Waals surface area contributed by atoms with Gasteiger partial charge in [-0.25, -0.2) is 4.98 Å². The van der Waals surface area contributed by atoms with Crippen LogP contribution < -0.4 is 0 Å². The third-order valence-electron chi connectivity index (χ3n) is 1.46. The predicted octanol–water partition coefficient (Wildman–Crippen LogP) is 2.30. The summed E-state index contributed by atoms with van der Waals surface area (Å²) in [6.45, 7) is 0. The van der Waals surface area contributed by atoms with E-state index in [0.29, 0.717) is 9.99 Å². The predicted molar refractivity (Wildman–Crippen MR) is 43.4 cm³/mol. The molecule has 0 bridgehead atoms. The maximum absolute atomic E-state index is 9.24. The summed E-state index contributed by atoms with van der Waals surface area (Å²) in [4.78, 5) is 3.89. The van der Waals surface area contributed by atoms with Crippen LogP contribution in [0.1, 0.15) is 0 Å². The first kappa shape index (κ1) is 6.67. The van der Waals surface area contributed by atoms with Crippen LogP contribution in [0.5, 0.6) is 5.75 Å². The van der Waals surface area contributed by atoms with E-state index in [2.05, 4.69) is 20.9 Å². The van der Waals surface area contributed by atoms with E-state index in [4.69, 9.17) is 4.42 Å². The van der Waals surface area contributed by atoms with E-state index in [1.807, 2.05) is 0 Å². The Labute approximate surface area is 70.8 Å². The zero-order chi connectivity index (χ0) is 7.84. The topological polar surface area (TPSA) is 46.3 Å². The maximum Gasteiger partial charge on any atom is 0.145 e. The highest BCUT2D eigenvalue weighted by molar-refractivity contribution is 9.10. The van der Waals surface area contributed by atoms with E-state index in [9.17, 15) is 5.11 Å². The van der Waals surface area contributed by atoms with E-state index < -0.39 is 0 Å². The average Bonchev–Trinajstić information content (AvgIpc) is 2.45.